The molecule has 14 nitrogen and oxygen atoms in total. The SMILES string of the molecule is CC[C@@H](O)[C@@](C)(O)[C@H](O)[C@@H](C)NC[C@H](C)CC(C)(O)[C@H](OC1O[C@H](C)C[C@H](N(C)C)[C@H]1O)[C@@H](C)[C@H](OC1C[C@@](C)(OC)[C@@H](O)[C@H](C)O1)[C@@H](C)C(C)=O. The summed E-state index contributed by atoms with van der Waals surface area (Å²) in [5, 5.41) is 69.8. The van der Waals surface area contributed by atoms with Crippen molar-refractivity contribution in [2.24, 2.45) is 17.8 Å². The number of carbonyl (C=O) groups excluding carboxylic acids is 1. The van der Waals surface area contributed by atoms with Crippen LogP contribution in [0.1, 0.15) is 102 Å². The first-order valence-corrected chi connectivity index (χ1v) is 19.1. The molecule has 18 atom stereocenters. The summed E-state index contributed by atoms with van der Waals surface area (Å²) in [6.45, 7) is 19.3. The average molecular weight is 751 g/mol. The molecule has 0 radical (unpaired) electrons. The van der Waals surface area contributed by atoms with Crippen LogP contribution < -0.4 is 5.32 Å². The summed E-state index contributed by atoms with van der Waals surface area (Å²) in [6.07, 6.45) is -7.79. The van der Waals surface area contributed by atoms with Crippen LogP contribution in [0, 0.1) is 17.8 Å². The molecular weight excluding hydrogens is 676 g/mol. The molecule has 0 bridgehead atoms. The number of aliphatic hydroxyl groups is 6. The molecule has 2 aliphatic heterocycles. The van der Waals surface area contributed by atoms with E-state index >= 15 is 0 Å². The van der Waals surface area contributed by atoms with Gasteiger partial charge in [-0.15, -0.1) is 0 Å². The molecule has 0 aromatic carbocycles. The minimum atomic E-state index is -1.73. The van der Waals surface area contributed by atoms with Gasteiger partial charge in [0, 0.05) is 37.5 Å². The summed E-state index contributed by atoms with van der Waals surface area (Å²) in [5.74, 6) is -1.66. The fraction of sp³-hybridized carbons (Fsp3) is 0.974. The van der Waals surface area contributed by atoms with Gasteiger partial charge in [-0.05, 0) is 94.3 Å². The monoisotopic (exact) mass is 751 g/mol. The summed E-state index contributed by atoms with van der Waals surface area (Å²) in [4.78, 5) is 14.9. The van der Waals surface area contributed by atoms with E-state index in [2.05, 4.69) is 5.32 Å². The standard InChI is InChI=1S/C38H74N2O12/c1-15-28(42)38(11,47)32(44)24(6)39-19-20(2)17-36(9,46)34(52-35-30(43)27(40(12)13)16-21(3)49-35)23(5)31(22(4)25(7)41)51-29-18-37(10,48-14)33(45)26(8)50-29/h20-24,26-35,39,42-47H,15-19H2,1-14H3/t20-,21-,22+,23+,24-,26+,27+,28-,29?,30-,31-,32-,33+,34-,35?,36?,37-,38-/m1/s1. The van der Waals surface area contributed by atoms with Gasteiger partial charge >= 0.3 is 0 Å². The number of aliphatic hydroxyl groups excluding tert-OH is 4. The van der Waals surface area contributed by atoms with Gasteiger partial charge in [0.1, 0.15) is 23.6 Å². The van der Waals surface area contributed by atoms with Crippen LogP contribution in [0.15, 0.2) is 0 Å². The lowest BCUT2D eigenvalue weighted by molar-refractivity contribution is -0.317. The second kappa shape index (κ2) is 19.3. The second-order valence-electron chi connectivity index (χ2n) is 16.9. The van der Waals surface area contributed by atoms with Crippen LogP contribution in [-0.4, -0.2) is 159 Å². The minimum absolute atomic E-state index is 0.141. The molecule has 2 heterocycles. The van der Waals surface area contributed by atoms with Gasteiger partial charge in [0.15, 0.2) is 12.6 Å². The average Bonchev–Trinajstić information content (AvgIpc) is 3.06. The van der Waals surface area contributed by atoms with Crippen molar-refractivity contribution >= 4 is 5.78 Å². The Labute approximate surface area is 312 Å². The summed E-state index contributed by atoms with van der Waals surface area (Å²) >= 11 is 0. The molecule has 0 aromatic heterocycles. The predicted molar refractivity (Wildman–Crippen MR) is 196 cm³/mol. The molecule has 0 spiro atoms. The predicted octanol–water partition coefficient (Wildman–Crippen LogP) is 1.58. The first-order chi connectivity index (χ1) is 23.8. The number of rotatable bonds is 20. The molecule has 2 fully saturated rings. The fourth-order valence-corrected chi connectivity index (χ4v) is 8.02. The topological polar surface area (TPSA) is 200 Å². The number of hydrogen-bond acceptors (Lipinski definition) is 14. The molecular formula is C38H74N2O12. The van der Waals surface area contributed by atoms with Gasteiger partial charge in [-0.2, -0.15) is 0 Å². The highest BCUT2D eigenvalue weighted by Gasteiger charge is 2.51. The number of nitrogens with one attached hydrogen (secondary N) is 1. The maximum atomic E-state index is 13.0. The van der Waals surface area contributed by atoms with E-state index in [4.69, 9.17) is 23.7 Å². The van der Waals surface area contributed by atoms with Gasteiger partial charge < -0.3 is 64.5 Å². The lowest BCUT2D eigenvalue weighted by Crippen LogP contribution is -2.60. The van der Waals surface area contributed by atoms with Gasteiger partial charge in [-0.25, -0.2) is 0 Å². The first-order valence-electron chi connectivity index (χ1n) is 19.1. The lowest BCUT2D eigenvalue weighted by Gasteiger charge is -2.48. The van der Waals surface area contributed by atoms with E-state index < -0.39 is 90.0 Å². The summed E-state index contributed by atoms with van der Waals surface area (Å²) in [5.41, 5.74) is -4.27. The van der Waals surface area contributed by atoms with E-state index in [1.165, 1.54) is 21.0 Å². The molecule has 7 N–H and O–H groups in total. The third kappa shape index (κ3) is 11.6. The van der Waals surface area contributed by atoms with Crippen molar-refractivity contribution in [1.82, 2.24) is 10.2 Å². The van der Waals surface area contributed by atoms with Crippen LogP contribution in [0.3, 0.4) is 0 Å². The van der Waals surface area contributed by atoms with E-state index in [1.807, 2.05) is 39.8 Å². The number of likely N-dealkylation sites (N-methyl/N-ethyl adjacent to an activating group) is 1. The Morgan fingerprint density at radius 2 is 1.65 bits per heavy atom. The van der Waals surface area contributed by atoms with Crippen LogP contribution >= 0.6 is 0 Å². The Morgan fingerprint density at radius 1 is 1.06 bits per heavy atom. The minimum Gasteiger partial charge on any atom is -0.390 e. The van der Waals surface area contributed by atoms with Gasteiger partial charge in [0.05, 0.1) is 47.8 Å². The van der Waals surface area contributed by atoms with Crippen molar-refractivity contribution in [1.29, 1.82) is 0 Å². The van der Waals surface area contributed by atoms with Crippen molar-refractivity contribution < 1.29 is 59.1 Å². The van der Waals surface area contributed by atoms with Crippen molar-refractivity contribution in [2.45, 2.75) is 192 Å². The van der Waals surface area contributed by atoms with Gasteiger partial charge in [0.2, 0.25) is 0 Å². The highest BCUT2D eigenvalue weighted by Crippen LogP contribution is 2.39. The summed E-state index contributed by atoms with van der Waals surface area (Å²) in [7, 11) is 5.27. The molecule has 0 saturated carbocycles. The smallest absolute Gasteiger partial charge is 0.185 e. The Balaban J connectivity index is 2.46. The van der Waals surface area contributed by atoms with Crippen LogP contribution in [0.25, 0.3) is 0 Å². The maximum absolute atomic E-state index is 13.0. The number of carbonyl (C=O) groups is 1. The number of nitrogens with zero attached hydrogens (tertiary/aromatic N) is 1. The van der Waals surface area contributed by atoms with Crippen LogP contribution in [0.5, 0.6) is 0 Å². The van der Waals surface area contributed by atoms with E-state index in [-0.39, 0.29) is 43.1 Å². The van der Waals surface area contributed by atoms with Crippen molar-refractivity contribution in [3.05, 3.63) is 0 Å². The highest BCUT2D eigenvalue weighted by molar-refractivity contribution is 5.78. The van der Waals surface area contributed by atoms with Gasteiger partial charge in [-0.1, -0.05) is 27.7 Å². The number of ketones is 1. The van der Waals surface area contributed by atoms with E-state index in [0.29, 0.717) is 13.0 Å². The van der Waals surface area contributed by atoms with Crippen LogP contribution in [0.2, 0.25) is 0 Å². The maximum Gasteiger partial charge on any atom is 0.185 e. The molecule has 14 heteroatoms. The zero-order valence-corrected chi connectivity index (χ0v) is 34.3. The molecule has 2 aliphatic rings. The van der Waals surface area contributed by atoms with Crippen molar-refractivity contribution in [2.75, 3.05) is 27.7 Å². The van der Waals surface area contributed by atoms with Gasteiger partial charge in [-0.3, -0.25) is 4.79 Å². The molecule has 308 valence electrons. The zero-order valence-electron chi connectivity index (χ0n) is 34.3. The number of ether oxygens (including phenoxy) is 5. The highest BCUT2D eigenvalue weighted by atomic mass is 16.7. The van der Waals surface area contributed by atoms with Crippen molar-refractivity contribution in [3.63, 3.8) is 0 Å². The third-order valence-electron chi connectivity index (χ3n) is 11.8. The van der Waals surface area contributed by atoms with Gasteiger partial charge in [0.25, 0.3) is 0 Å². The van der Waals surface area contributed by atoms with E-state index in [1.54, 1.807) is 41.5 Å². The molecule has 0 aromatic rings. The molecule has 0 amide bonds. The Bertz CT molecular complexity index is 1100. The van der Waals surface area contributed by atoms with E-state index in [9.17, 15) is 35.4 Å². The Morgan fingerprint density at radius 3 is 2.17 bits per heavy atom. The molecule has 52 heavy (non-hydrogen) atoms. The zero-order chi connectivity index (χ0) is 40.1. The lowest BCUT2D eigenvalue weighted by atomic mass is 9.77. The Hall–Kier alpha value is -0.850. The number of Topliss-reactive ketones (excluding diaryl/α,β-unsaturated/α-hetero) is 1. The quantitative estimate of drug-likeness (QED) is 0.0947. The molecule has 3 unspecified atom stereocenters. The third-order valence-corrected chi connectivity index (χ3v) is 11.8. The molecule has 0 aliphatic carbocycles. The number of hydrogen-bond donors (Lipinski definition) is 7. The van der Waals surface area contributed by atoms with E-state index in [0.717, 1.165) is 0 Å². The Kier molecular flexibility index (Phi) is 17.6. The first kappa shape index (κ1) is 47.3. The van der Waals surface area contributed by atoms with Crippen molar-refractivity contribution in [3.8, 4) is 0 Å². The van der Waals surface area contributed by atoms with Crippen LogP contribution in [0.4, 0.5) is 0 Å². The number of methoxy groups -OCH3 is 1. The van der Waals surface area contributed by atoms with Crippen LogP contribution in [-0.2, 0) is 28.5 Å². The normalized spacial score (nSPS) is 35.8. The largest absolute Gasteiger partial charge is 0.390 e. The molecule has 2 saturated heterocycles. The second-order valence-corrected chi connectivity index (χ2v) is 16.9. The summed E-state index contributed by atoms with van der Waals surface area (Å²) < 4.78 is 31.2. The summed E-state index contributed by atoms with van der Waals surface area (Å²) in [6, 6.07) is -0.860. The molecule has 2 rings (SSSR count). The fourth-order valence-electron chi connectivity index (χ4n) is 8.02.